The first-order valence-electron chi connectivity index (χ1n) is 10.7. The molecule has 0 aliphatic rings. The molecule has 180 valence electrons. The molecule has 3 rings (SSSR count). The lowest BCUT2D eigenvalue weighted by Crippen LogP contribution is -2.11. The van der Waals surface area contributed by atoms with Gasteiger partial charge in [0.1, 0.15) is 5.75 Å². The molecule has 3 N–H and O–H groups in total. The Labute approximate surface area is 198 Å². The van der Waals surface area contributed by atoms with Crippen molar-refractivity contribution in [1.82, 2.24) is 9.55 Å². The first-order valence-corrected chi connectivity index (χ1v) is 10.7. The number of carboxylic acids is 2. The van der Waals surface area contributed by atoms with E-state index in [1.54, 1.807) is 7.11 Å². The third-order valence-corrected chi connectivity index (χ3v) is 4.51. The van der Waals surface area contributed by atoms with E-state index in [1.165, 1.54) is 5.56 Å². The van der Waals surface area contributed by atoms with E-state index < -0.39 is 11.9 Å². The molecule has 34 heavy (non-hydrogen) atoms. The van der Waals surface area contributed by atoms with Gasteiger partial charge in [-0.3, -0.25) is 0 Å². The van der Waals surface area contributed by atoms with E-state index in [-0.39, 0.29) is 0 Å². The SMILES string of the molecule is CCOc1ccc(-c2cnc(NC/C=C/c3ccccc3)n2CCOC)cc1.O=C(O)C(=O)O. The van der Waals surface area contributed by atoms with Gasteiger partial charge in [0.15, 0.2) is 0 Å². The van der Waals surface area contributed by atoms with Gasteiger partial charge in [-0.25, -0.2) is 14.6 Å². The van der Waals surface area contributed by atoms with E-state index in [4.69, 9.17) is 29.3 Å². The highest BCUT2D eigenvalue weighted by Gasteiger charge is 2.11. The molecule has 9 heteroatoms. The van der Waals surface area contributed by atoms with Crippen LogP contribution >= 0.6 is 0 Å². The van der Waals surface area contributed by atoms with Crippen LogP contribution < -0.4 is 10.1 Å². The van der Waals surface area contributed by atoms with E-state index in [9.17, 15) is 0 Å². The van der Waals surface area contributed by atoms with Crippen LogP contribution in [0.2, 0.25) is 0 Å². The van der Waals surface area contributed by atoms with E-state index in [0.717, 1.165) is 29.5 Å². The van der Waals surface area contributed by atoms with Gasteiger partial charge in [-0.2, -0.15) is 0 Å². The predicted molar refractivity (Wildman–Crippen MR) is 130 cm³/mol. The van der Waals surface area contributed by atoms with Crippen LogP contribution in [0.4, 0.5) is 5.95 Å². The average molecular weight is 468 g/mol. The molecule has 0 unspecified atom stereocenters. The quantitative estimate of drug-likeness (QED) is 0.384. The molecule has 0 radical (unpaired) electrons. The van der Waals surface area contributed by atoms with E-state index >= 15 is 0 Å². The minimum atomic E-state index is -1.82. The summed E-state index contributed by atoms with van der Waals surface area (Å²) in [5.74, 6) is -1.94. The Kier molecular flexibility index (Phi) is 10.9. The third kappa shape index (κ3) is 8.44. The zero-order valence-corrected chi connectivity index (χ0v) is 19.2. The molecule has 2 aromatic carbocycles. The highest BCUT2D eigenvalue weighted by atomic mass is 16.5. The molecule has 9 nitrogen and oxygen atoms in total. The van der Waals surface area contributed by atoms with Crippen LogP contribution in [0.25, 0.3) is 17.3 Å². The maximum atomic E-state index is 9.10. The average Bonchev–Trinajstić information content (AvgIpc) is 3.24. The van der Waals surface area contributed by atoms with Gasteiger partial charge in [0.05, 0.1) is 25.1 Å². The molecular weight excluding hydrogens is 438 g/mol. The third-order valence-electron chi connectivity index (χ3n) is 4.51. The number of benzene rings is 2. The fourth-order valence-electron chi connectivity index (χ4n) is 2.95. The van der Waals surface area contributed by atoms with Crippen molar-refractivity contribution in [3.05, 3.63) is 72.4 Å². The predicted octanol–water partition coefficient (Wildman–Crippen LogP) is 3.88. The normalized spacial score (nSPS) is 10.4. The Morgan fingerprint density at radius 2 is 1.74 bits per heavy atom. The molecule has 0 fully saturated rings. The maximum absolute atomic E-state index is 9.10. The summed E-state index contributed by atoms with van der Waals surface area (Å²) in [7, 11) is 1.71. The zero-order valence-electron chi connectivity index (χ0n) is 19.2. The zero-order chi connectivity index (χ0) is 24.8. The molecule has 0 saturated carbocycles. The number of imidazole rings is 1. The van der Waals surface area contributed by atoms with Crippen molar-refractivity contribution in [2.75, 3.05) is 32.2 Å². The van der Waals surface area contributed by atoms with Gasteiger partial charge in [0, 0.05) is 25.8 Å². The Morgan fingerprint density at radius 3 is 2.32 bits per heavy atom. The fourth-order valence-corrected chi connectivity index (χ4v) is 2.95. The summed E-state index contributed by atoms with van der Waals surface area (Å²) in [5, 5.41) is 18.2. The van der Waals surface area contributed by atoms with Gasteiger partial charge >= 0.3 is 11.9 Å². The summed E-state index contributed by atoms with van der Waals surface area (Å²) in [5.41, 5.74) is 3.33. The Bertz CT molecular complexity index is 1050. The highest BCUT2D eigenvalue weighted by Crippen LogP contribution is 2.25. The molecule has 0 aliphatic heterocycles. The van der Waals surface area contributed by atoms with Crippen molar-refractivity contribution in [2.45, 2.75) is 13.5 Å². The lowest BCUT2D eigenvalue weighted by molar-refractivity contribution is -0.159. The van der Waals surface area contributed by atoms with Gasteiger partial charge in [0.25, 0.3) is 0 Å². The van der Waals surface area contributed by atoms with Gasteiger partial charge in [0.2, 0.25) is 5.95 Å². The number of methoxy groups -OCH3 is 1. The monoisotopic (exact) mass is 467 g/mol. The Morgan fingerprint density at radius 1 is 1.06 bits per heavy atom. The van der Waals surface area contributed by atoms with Gasteiger partial charge in [-0.05, 0) is 36.8 Å². The van der Waals surface area contributed by atoms with Crippen molar-refractivity contribution < 1.29 is 29.3 Å². The van der Waals surface area contributed by atoms with E-state index in [1.807, 2.05) is 43.5 Å². The second-order valence-electron chi connectivity index (χ2n) is 6.87. The Balaban J connectivity index is 0.000000604. The van der Waals surface area contributed by atoms with E-state index in [0.29, 0.717) is 19.8 Å². The van der Waals surface area contributed by atoms with Gasteiger partial charge in [-0.15, -0.1) is 0 Å². The summed E-state index contributed by atoms with van der Waals surface area (Å²) in [6.07, 6.45) is 6.10. The molecule has 0 atom stereocenters. The number of hydrogen-bond acceptors (Lipinski definition) is 6. The van der Waals surface area contributed by atoms with Crippen LogP contribution in [0, 0.1) is 0 Å². The molecule has 0 spiro atoms. The molecule has 1 heterocycles. The summed E-state index contributed by atoms with van der Waals surface area (Å²) in [6.45, 7) is 4.69. The summed E-state index contributed by atoms with van der Waals surface area (Å²) in [4.78, 5) is 22.8. The van der Waals surface area contributed by atoms with Crippen LogP contribution in [0.1, 0.15) is 12.5 Å². The highest BCUT2D eigenvalue weighted by molar-refractivity contribution is 6.27. The number of anilines is 1. The van der Waals surface area contributed by atoms with Crippen LogP contribution in [0.15, 0.2) is 66.9 Å². The first kappa shape index (κ1) is 26.1. The van der Waals surface area contributed by atoms with Crippen LogP contribution in [0.3, 0.4) is 0 Å². The number of aromatic nitrogens is 2. The maximum Gasteiger partial charge on any atom is 0.414 e. The topological polar surface area (TPSA) is 123 Å². The second kappa shape index (κ2) is 14.1. The minimum absolute atomic E-state index is 0.620. The lowest BCUT2D eigenvalue weighted by atomic mass is 10.1. The molecule has 0 saturated heterocycles. The smallest absolute Gasteiger partial charge is 0.414 e. The molecule has 0 aliphatic carbocycles. The van der Waals surface area contributed by atoms with E-state index in [2.05, 4.69) is 51.3 Å². The molecule has 0 amide bonds. The van der Waals surface area contributed by atoms with Crippen LogP contribution in [-0.2, 0) is 20.9 Å². The summed E-state index contributed by atoms with van der Waals surface area (Å²) < 4.78 is 13.0. The number of nitrogens with one attached hydrogen (secondary N) is 1. The summed E-state index contributed by atoms with van der Waals surface area (Å²) >= 11 is 0. The number of nitrogens with zero attached hydrogens (tertiary/aromatic N) is 2. The largest absolute Gasteiger partial charge is 0.494 e. The molecule has 3 aromatic rings. The standard InChI is InChI=1S/C23H27N3O2.C2H2O4/c1-3-28-21-13-11-20(12-14-21)22-18-25-23(26(22)16-17-27-2)24-15-7-10-19-8-5-4-6-9-19;3-1(4)2(5)6/h4-14,18H,3,15-17H2,1-2H3,(H,24,25);(H,3,4)(H,5,6)/b10-7+;. The van der Waals surface area contributed by atoms with Gasteiger partial charge in [-0.1, -0.05) is 42.5 Å². The molecule has 0 bridgehead atoms. The number of hydrogen-bond donors (Lipinski definition) is 3. The summed E-state index contributed by atoms with van der Waals surface area (Å²) in [6, 6.07) is 18.4. The van der Waals surface area contributed by atoms with Crippen molar-refractivity contribution in [1.29, 1.82) is 0 Å². The second-order valence-corrected chi connectivity index (χ2v) is 6.87. The lowest BCUT2D eigenvalue weighted by Gasteiger charge is -2.12. The number of carboxylic acid groups (broad SMARTS) is 2. The number of aliphatic carboxylic acids is 2. The van der Waals surface area contributed by atoms with Crippen molar-refractivity contribution in [3.63, 3.8) is 0 Å². The molecular formula is C25H29N3O6. The van der Waals surface area contributed by atoms with Crippen LogP contribution in [-0.4, -0.2) is 58.6 Å². The Hall–Kier alpha value is -4.11. The molecule has 1 aromatic heterocycles. The number of rotatable bonds is 10. The fraction of sp³-hybridized carbons (Fsp3) is 0.240. The van der Waals surface area contributed by atoms with Gasteiger partial charge < -0.3 is 29.6 Å². The first-order chi connectivity index (χ1) is 16.5. The number of ether oxygens (including phenoxy) is 2. The van der Waals surface area contributed by atoms with Crippen LogP contribution in [0.5, 0.6) is 5.75 Å². The number of carbonyl (C=O) groups is 2. The minimum Gasteiger partial charge on any atom is -0.494 e. The van der Waals surface area contributed by atoms with Crippen molar-refractivity contribution in [2.24, 2.45) is 0 Å². The van der Waals surface area contributed by atoms with Crippen molar-refractivity contribution in [3.8, 4) is 17.0 Å². The van der Waals surface area contributed by atoms with Crippen molar-refractivity contribution >= 4 is 24.0 Å².